The van der Waals surface area contributed by atoms with E-state index in [0.717, 1.165) is 23.3 Å². The molecule has 1 atom stereocenters. The molecule has 0 aromatic heterocycles. The van der Waals surface area contributed by atoms with Crippen LogP contribution in [-0.2, 0) is 4.79 Å². The molecular weight excluding hydrogens is 156 g/mol. The molecule has 1 nitrogen and oxygen atoms in total. The van der Waals surface area contributed by atoms with Crippen LogP contribution in [0.1, 0.15) is 33.1 Å². The molecule has 1 unspecified atom stereocenters. The molecule has 1 rings (SSSR count). The summed E-state index contributed by atoms with van der Waals surface area (Å²) in [5, 5.41) is 0. The molecule has 1 aliphatic carbocycles. The van der Waals surface area contributed by atoms with E-state index in [2.05, 4.69) is 19.6 Å². The Bertz CT molecular complexity index is 206. The van der Waals surface area contributed by atoms with Gasteiger partial charge in [0.1, 0.15) is 0 Å². The zero-order valence-corrected chi connectivity index (χ0v) is 7.95. The molecule has 62 valence electrons. The van der Waals surface area contributed by atoms with Crippen molar-refractivity contribution in [3.63, 3.8) is 0 Å². The zero-order valence-electron chi connectivity index (χ0n) is 7.05. The summed E-state index contributed by atoms with van der Waals surface area (Å²) in [5.74, 6) is 0.853. The standard InChI is InChI=1S/C9H14OS/c1-6-3-4-9(11)8(5-6)7(2)10/h6,11H,3-5H2,1-2H3. The number of hydrogen-bond acceptors (Lipinski definition) is 2. The molecule has 0 saturated heterocycles. The topological polar surface area (TPSA) is 17.1 Å². The first-order valence-corrected chi connectivity index (χ1v) is 4.48. The SMILES string of the molecule is CC(=O)C1=C(S)CCC(C)C1. The first-order valence-electron chi connectivity index (χ1n) is 4.03. The van der Waals surface area contributed by atoms with E-state index in [1.807, 2.05) is 0 Å². The van der Waals surface area contributed by atoms with Gasteiger partial charge in [-0.1, -0.05) is 6.92 Å². The third-order valence-corrected chi connectivity index (χ3v) is 2.69. The van der Waals surface area contributed by atoms with E-state index in [0.29, 0.717) is 5.92 Å². The van der Waals surface area contributed by atoms with Gasteiger partial charge in [-0.15, -0.1) is 12.6 Å². The average Bonchev–Trinajstić information content (AvgIpc) is 1.94. The molecule has 0 amide bonds. The van der Waals surface area contributed by atoms with Crippen molar-refractivity contribution < 1.29 is 4.79 Å². The van der Waals surface area contributed by atoms with Crippen LogP contribution in [0.2, 0.25) is 0 Å². The van der Waals surface area contributed by atoms with Gasteiger partial charge in [0.25, 0.3) is 0 Å². The minimum absolute atomic E-state index is 0.196. The third-order valence-electron chi connectivity index (χ3n) is 2.20. The van der Waals surface area contributed by atoms with Gasteiger partial charge in [-0.3, -0.25) is 4.79 Å². The fraction of sp³-hybridized carbons (Fsp3) is 0.667. The molecular formula is C9H14OS. The van der Waals surface area contributed by atoms with Crippen molar-refractivity contribution in [1.29, 1.82) is 0 Å². The normalized spacial score (nSPS) is 25.5. The summed E-state index contributed by atoms with van der Waals surface area (Å²) in [6, 6.07) is 0. The van der Waals surface area contributed by atoms with Gasteiger partial charge in [0.05, 0.1) is 0 Å². The molecule has 0 bridgehead atoms. The molecule has 0 saturated carbocycles. The van der Waals surface area contributed by atoms with Gasteiger partial charge in [-0.05, 0) is 37.0 Å². The van der Waals surface area contributed by atoms with Crippen molar-refractivity contribution >= 4 is 18.4 Å². The Balaban J connectivity index is 2.80. The number of carbonyl (C=O) groups excluding carboxylic acids is 1. The monoisotopic (exact) mass is 170 g/mol. The van der Waals surface area contributed by atoms with Crippen LogP contribution in [0.4, 0.5) is 0 Å². The minimum Gasteiger partial charge on any atom is -0.295 e. The van der Waals surface area contributed by atoms with Crippen molar-refractivity contribution in [2.45, 2.75) is 33.1 Å². The van der Waals surface area contributed by atoms with Crippen LogP contribution >= 0.6 is 12.6 Å². The number of rotatable bonds is 1. The molecule has 0 radical (unpaired) electrons. The first kappa shape index (κ1) is 8.85. The maximum atomic E-state index is 11.0. The molecule has 0 spiro atoms. The molecule has 0 N–H and O–H groups in total. The second-order valence-electron chi connectivity index (χ2n) is 3.33. The Morgan fingerprint density at radius 2 is 2.27 bits per heavy atom. The van der Waals surface area contributed by atoms with E-state index in [1.165, 1.54) is 6.42 Å². The summed E-state index contributed by atoms with van der Waals surface area (Å²) in [7, 11) is 0. The molecule has 1 aliphatic rings. The number of allylic oxidation sites excluding steroid dienone is 2. The lowest BCUT2D eigenvalue weighted by atomic mass is 9.88. The summed E-state index contributed by atoms with van der Waals surface area (Å²) >= 11 is 4.30. The number of hydrogen-bond donors (Lipinski definition) is 1. The van der Waals surface area contributed by atoms with Crippen LogP contribution in [0.15, 0.2) is 10.5 Å². The van der Waals surface area contributed by atoms with Crippen LogP contribution in [0.3, 0.4) is 0 Å². The Morgan fingerprint density at radius 3 is 2.73 bits per heavy atom. The lowest BCUT2D eigenvalue weighted by Crippen LogP contribution is -2.10. The van der Waals surface area contributed by atoms with Crippen LogP contribution < -0.4 is 0 Å². The largest absolute Gasteiger partial charge is 0.295 e. The predicted octanol–water partition coefficient (Wildman–Crippen LogP) is 2.58. The fourth-order valence-corrected chi connectivity index (χ4v) is 1.83. The summed E-state index contributed by atoms with van der Waals surface area (Å²) < 4.78 is 0. The van der Waals surface area contributed by atoms with E-state index in [-0.39, 0.29) is 5.78 Å². The summed E-state index contributed by atoms with van der Waals surface area (Å²) in [6.07, 6.45) is 3.09. The van der Waals surface area contributed by atoms with Crippen molar-refractivity contribution in [2.75, 3.05) is 0 Å². The Morgan fingerprint density at radius 1 is 1.64 bits per heavy atom. The fourth-order valence-electron chi connectivity index (χ4n) is 1.45. The number of carbonyl (C=O) groups is 1. The first-order chi connectivity index (χ1) is 5.11. The number of Topliss-reactive ketones (excluding diaryl/α,β-unsaturated/α-hetero) is 1. The highest BCUT2D eigenvalue weighted by Crippen LogP contribution is 2.31. The summed E-state index contributed by atoms with van der Waals surface area (Å²) in [5.41, 5.74) is 0.951. The van der Waals surface area contributed by atoms with Gasteiger partial charge in [-0.25, -0.2) is 0 Å². The van der Waals surface area contributed by atoms with Gasteiger partial charge in [-0.2, -0.15) is 0 Å². The van der Waals surface area contributed by atoms with Gasteiger partial charge >= 0.3 is 0 Å². The molecule has 0 aromatic rings. The van der Waals surface area contributed by atoms with Gasteiger partial charge in [0, 0.05) is 5.57 Å². The van der Waals surface area contributed by atoms with E-state index in [1.54, 1.807) is 6.92 Å². The highest BCUT2D eigenvalue weighted by Gasteiger charge is 2.18. The van der Waals surface area contributed by atoms with Crippen molar-refractivity contribution in [3.05, 3.63) is 10.5 Å². The Labute approximate surface area is 73.3 Å². The summed E-state index contributed by atoms with van der Waals surface area (Å²) in [4.78, 5) is 12.1. The molecule has 0 heterocycles. The van der Waals surface area contributed by atoms with E-state index >= 15 is 0 Å². The summed E-state index contributed by atoms with van der Waals surface area (Å²) in [6.45, 7) is 3.81. The van der Waals surface area contributed by atoms with E-state index in [4.69, 9.17) is 0 Å². The van der Waals surface area contributed by atoms with Gasteiger partial charge < -0.3 is 0 Å². The second-order valence-corrected chi connectivity index (χ2v) is 3.87. The van der Waals surface area contributed by atoms with Gasteiger partial charge in [0.2, 0.25) is 0 Å². The van der Waals surface area contributed by atoms with Crippen molar-refractivity contribution in [2.24, 2.45) is 5.92 Å². The third kappa shape index (κ3) is 2.09. The van der Waals surface area contributed by atoms with Crippen LogP contribution in [0.5, 0.6) is 0 Å². The second kappa shape index (κ2) is 3.44. The Hall–Kier alpha value is -0.240. The molecule has 0 fully saturated rings. The van der Waals surface area contributed by atoms with Crippen LogP contribution in [-0.4, -0.2) is 5.78 Å². The van der Waals surface area contributed by atoms with E-state index in [9.17, 15) is 4.79 Å². The molecule has 0 aromatic carbocycles. The zero-order chi connectivity index (χ0) is 8.43. The highest BCUT2D eigenvalue weighted by atomic mass is 32.1. The van der Waals surface area contributed by atoms with Crippen LogP contribution in [0.25, 0.3) is 0 Å². The minimum atomic E-state index is 0.196. The predicted molar refractivity (Wildman–Crippen MR) is 49.7 cm³/mol. The quantitative estimate of drug-likeness (QED) is 0.598. The molecule has 2 heteroatoms. The number of ketones is 1. The maximum absolute atomic E-state index is 11.0. The molecule has 0 aliphatic heterocycles. The number of thiol groups is 1. The Kier molecular flexibility index (Phi) is 2.77. The van der Waals surface area contributed by atoms with Crippen molar-refractivity contribution in [3.8, 4) is 0 Å². The smallest absolute Gasteiger partial charge is 0.156 e. The van der Waals surface area contributed by atoms with E-state index < -0.39 is 0 Å². The van der Waals surface area contributed by atoms with Crippen molar-refractivity contribution in [1.82, 2.24) is 0 Å². The average molecular weight is 170 g/mol. The molecule has 11 heavy (non-hydrogen) atoms. The van der Waals surface area contributed by atoms with Crippen LogP contribution in [0, 0.1) is 5.92 Å². The van der Waals surface area contributed by atoms with Gasteiger partial charge in [0.15, 0.2) is 5.78 Å². The lowest BCUT2D eigenvalue weighted by Gasteiger charge is -2.20. The lowest BCUT2D eigenvalue weighted by molar-refractivity contribution is -0.113. The maximum Gasteiger partial charge on any atom is 0.156 e. The highest BCUT2D eigenvalue weighted by molar-refractivity contribution is 7.84.